The summed E-state index contributed by atoms with van der Waals surface area (Å²) in [5.74, 6) is 122. The molecule has 0 aliphatic carbocycles. The lowest BCUT2D eigenvalue weighted by Crippen LogP contribution is -2.32. The van der Waals surface area contributed by atoms with Crippen LogP contribution in [0.1, 0.15) is 349 Å². The molecule has 130 heavy (non-hydrogen) atoms. The Morgan fingerprint density at radius 2 is 0.154 bits per heavy atom. The number of hydrogen-bond acceptors (Lipinski definition) is 0. The fourth-order valence-electron chi connectivity index (χ4n) is 13.2. The topological polar surface area (TPSA) is 0 Å². The minimum Gasteiger partial charge on any atom is -0.0677 e. The minimum absolute atomic E-state index is 0.157. The van der Waals surface area contributed by atoms with E-state index in [9.17, 15) is 0 Å². The molecule has 0 spiro atoms. The number of rotatable bonds is 6. The number of benzene rings is 6. The van der Waals surface area contributed by atoms with Gasteiger partial charge in [-0.2, -0.15) is 0 Å². The van der Waals surface area contributed by atoms with Gasteiger partial charge in [0.15, 0.2) is 0 Å². The molecular formula is C130H126. The van der Waals surface area contributed by atoms with Crippen molar-refractivity contribution in [3.8, 4) is 260 Å². The van der Waals surface area contributed by atoms with Crippen LogP contribution < -0.4 is 0 Å². The fourth-order valence-corrected chi connectivity index (χ4v) is 13.2. The van der Waals surface area contributed by atoms with E-state index in [1.165, 1.54) is 66.8 Å². The average Bonchev–Trinajstić information content (AvgIpc) is 0.727. The van der Waals surface area contributed by atoms with Crippen LogP contribution in [0.2, 0.25) is 0 Å². The zero-order valence-electron chi connectivity index (χ0n) is 84.4. The summed E-state index contributed by atoms with van der Waals surface area (Å²) in [6.07, 6.45) is 0. The third-order valence-electron chi connectivity index (χ3n) is 21.7. The van der Waals surface area contributed by atoms with Gasteiger partial charge < -0.3 is 0 Å². The molecule has 0 N–H and O–H groups in total. The van der Waals surface area contributed by atoms with E-state index < -0.39 is 10.8 Å². The van der Waals surface area contributed by atoms with Gasteiger partial charge in [-0.05, 0) is 260 Å². The molecule has 0 saturated carbocycles. The predicted octanol–water partition coefficient (Wildman–Crippen LogP) is 24.7. The van der Waals surface area contributed by atoms with E-state index in [0.29, 0.717) is 0 Å². The van der Waals surface area contributed by atoms with Crippen LogP contribution in [0.25, 0.3) is 0 Å². The molecule has 0 amide bonds. The maximum Gasteiger partial charge on any atom is 0.107 e. The van der Waals surface area contributed by atoms with Gasteiger partial charge in [-0.3, -0.25) is 0 Å². The molecule has 0 unspecified atom stereocenters. The third-order valence-corrected chi connectivity index (χ3v) is 21.7. The zero-order valence-corrected chi connectivity index (χ0v) is 84.4. The van der Waals surface area contributed by atoms with Crippen LogP contribution in [0.3, 0.4) is 0 Å². The molecule has 0 fully saturated rings. The maximum atomic E-state index is 3.92. The first kappa shape index (κ1) is 104. The van der Waals surface area contributed by atoms with E-state index in [0.717, 1.165) is 33.4 Å². The van der Waals surface area contributed by atoms with Crippen LogP contribution in [0.4, 0.5) is 0 Å². The van der Waals surface area contributed by atoms with Crippen LogP contribution in [0, 0.1) is 260 Å². The van der Waals surface area contributed by atoms with Crippen molar-refractivity contribution >= 4 is 0 Å². The second kappa shape index (κ2) is 43.0. The molecule has 0 aliphatic heterocycles. The molecule has 0 radical (unpaired) electrons. The summed E-state index contributed by atoms with van der Waals surface area (Å²) in [6.45, 7) is 82.4. The summed E-state index contributed by atoms with van der Waals surface area (Å²) in [7, 11) is 0. The molecule has 0 saturated heterocycles. The van der Waals surface area contributed by atoms with Crippen molar-refractivity contribution in [2.24, 2.45) is 0 Å². The van der Waals surface area contributed by atoms with Crippen LogP contribution in [0.15, 0.2) is 109 Å². The summed E-state index contributed by atoms with van der Waals surface area (Å²) in [4.78, 5) is 0. The highest BCUT2D eigenvalue weighted by molar-refractivity contribution is 5.68. The monoisotopic (exact) mass is 1690 g/mol. The molecule has 6 aromatic rings. The fraction of sp³-hybridized carbons (Fsp3) is 0.385. The smallest absolute Gasteiger partial charge is 0.0677 e. The summed E-state index contributed by atoms with van der Waals surface area (Å²) >= 11 is 0. The van der Waals surface area contributed by atoms with Gasteiger partial charge in [0.25, 0.3) is 0 Å². The normalized spacial score (nSPS) is 11.0. The Kier molecular flexibility index (Phi) is 34.5. The third kappa shape index (κ3) is 31.3. The standard InChI is InChI=1S/C130H126/c1-117(2,3)99-81-100(118(4,5)6)88-111(87-99)129(112-89-101(119(7,8)9)82-102(90-112)120(10,11)12,113-91-103(121(13,14)15)83-104(92-113)122(16,17)18)79-77-75-73-71-69-67-65-63-61-59-57-55-53-51-49-47-45-43-41-39-37-38-40-42-44-46-48-50-52-54-56-58-60-62-64-66-68-70-72-74-76-78-80-130(114-93-105(123(19,20)21)84-106(94-114)124(22,23)24,115-95-107(125(25,26)27)85-108(96-115)126(28,29)30)116-97-109(127(31,32)33)86-110(98-116)128(34,35)36/h81-98H,1-36H3. The lowest BCUT2D eigenvalue weighted by molar-refractivity contribution is 0.556. The molecule has 0 heteroatoms. The van der Waals surface area contributed by atoms with Crippen molar-refractivity contribution in [2.75, 3.05) is 0 Å². The second-order valence-electron chi connectivity index (χ2n) is 44.8. The summed E-state index contributed by atoms with van der Waals surface area (Å²) in [5.41, 5.74) is 17.7. The second-order valence-corrected chi connectivity index (χ2v) is 44.8. The zero-order chi connectivity index (χ0) is 97.2. The van der Waals surface area contributed by atoms with Crippen molar-refractivity contribution in [2.45, 2.75) is 325 Å². The van der Waals surface area contributed by atoms with Gasteiger partial charge in [0.05, 0.1) is 0 Å². The molecule has 0 aromatic heterocycles. The Bertz CT molecular complexity index is 6010. The molecule has 0 bridgehead atoms. The molecule has 0 heterocycles. The molecule has 6 aromatic carbocycles. The van der Waals surface area contributed by atoms with Gasteiger partial charge in [0.1, 0.15) is 10.8 Å². The van der Waals surface area contributed by atoms with Crippen molar-refractivity contribution in [3.63, 3.8) is 0 Å². The first-order valence-corrected chi connectivity index (χ1v) is 44.1. The van der Waals surface area contributed by atoms with Crippen LogP contribution >= 0.6 is 0 Å². The van der Waals surface area contributed by atoms with Crippen molar-refractivity contribution < 1.29 is 0 Å². The van der Waals surface area contributed by atoms with Crippen LogP contribution in [0.5, 0.6) is 0 Å². The van der Waals surface area contributed by atoms with Gasteiger partial charge in [-0.1, -0.05) is 370 Å². The Morgan fingerprint density at radius 1 is 0.0923 bits per heavy atom. The van der Waals surface area contributed by atoms with Gasteiger partial charge >= 0.3 is 0 Å². The average molecular weight is 1690 g/mol. The first-order chi connectivity index (χ1) is 60.1. The van der Waals surface area contributed by atoms with Gasteiger partial charge in [0, 0.05) is 154 Å². The van der Waals surface area contributed by atoms with Gasteiger partial charge in [-0.25, -0.2) is 0 Å². The van der Waals surface area contributed by atoms with E-state index in [2.05, 4.69) is 619 Å². The quantitative estimate of drug-likeness (QED) is 0.115. The Labute approximate surface area is 789 Å². The molecule has 0 nitrogen and oxygen atoms in total. The number of hydrogen-bond donors (Lipinski definition) is 0. The molecule has 0 atom stereocenters. The SMILES string of the molecule is CC(C)(C)c1cc(C(C)(C)C)cc(C(C#CC#CC#CC#CC#CC#CC#CC#CC#CC#CC#CC#CC#CC#CC#CC#CC#CC#CC#CC#CC#CC#CC(c2cc(C(C)(C)C)cc(C(C)(C)C)c2)(c2cc(C(C)(C)C)cc(C(C)(C)C)c2)c2cc(C(C)(C)C)cc(C(C)(C)C)c2)(c2cc(C(C)(C)C)cc(C(C)(C)C)c2)c2cc(C(C)(C)C)cc(C(C)(C)C)c2)c1. The van der Waals surface area contributed by atoms with Gasteiger partial charge in [0.2, 0.25) is 0 Å². The predicted molar refractivity (Wildman–Crippen MR) is 554 cm³/mol. The highest BCUT2D eigenvalue weighted by Crippen LogP contribution is 2.50. The molecule has 646 valence electrons. The van der Waals surface area contributed by atoms with Crippen molar-refractivity contribution in [1.82, 2.24) is 0 Å². The largest absolute Gasteiger partial charge is 0.107 e. The van der Waals surface area contributed by atoms with E-state index >= 15 is 0 Å². The first-order valence-electron chi connectivity index (χ1n) is 44.1. The van der Waals surface area contributed by atoms with E-state index in [1.54, 1.807) is 0 Å². The van der Waals surface area contributed by atoms with Gasteiger partial charge in [-0.15, -0.1) is 0 Å². The van der Waals surface area contributed by atoms with Crippen LogP contribution in [-0.4, -0.2) is 0 Å². The molecule has 0 aliphatic rings. The summed E-state index contributed by atoms with van der Waals surface area (Å²) < 4.78 is 0. The van der Waals surface area contributed by atoms with E-state index in [1.807, 2.05) is 0 Å². The molecular weight excluding hydrogens is 1560 g/mol. The lowest BCUT2D eigenvalue weighted by atomic mass is 9.64. The summed E-state index contributed by atoms with van der Waals surface area (Å²) in [6, 6.07) is 43.0. The highest BCUT2D eigenvalue weighted by atomic mass is 14.4. The lowest BCUT2D eigenvalue weighted by Gasteiger charge is -2.38. The highest BCUT2D eigenvalue weighted by Gasteiger charge is 2.43. The Balaban J connectivity index is 1.12. The molecule has 6 rings (SSSR count). The van der Waals surface area contributed by atoms with Crippen molar-refractivity contribution in [1.29, 1.82) is 0 Å². The van der Waals surface area contributed by atoms with Crippen molar-refractivity contribution in [3.05, 3.63) is 209 Å². The van der Waals surface area contributed by atoms with Crippen LogP contribution in [-0.2, 0) is 75.8 Å². The minimum atomic E-state index is -0.972. The van der Waals surface area contributed by atoms with E-state index in [4.69, 9.17) is 0 Å². The van der Waals surface area contributed by atoms with E-state index in [-0.39, 0.29) is 65.0 Å². The maximum absolute atomic E-state index is 3.92. The Morgan fingerprint density at radius 3 is 0.223 bits per heavy atom. The summed E-state index contributed by atoms with van der Waals surface area (Å²) in [5, 5.41) is 0. The Hall–Kier alpha value is -14.4.